The van der Waals surface area contributed by atoms with Crippen molar-refractivity contribution in [3.63, 3.8) is 0 Å². The second kappa shape index (κ2) is 15.5. The Kier molecular flexibility index (Phi) is 11.2. The standard InChI is InChI=1S/C39H36F4N2O5/c1-4-25-9-6-11-27(19-25)36(46)34-31-20-29(39(41,42)43)21-44-37(31)45(32(34)5-2)18-8-13-26-10-7-12-28(35(26)40)22-50-33(38(47)48)23-49-30-16-14-24(3)15-17-30/h6-17,19-21,33H,4-5,18,22-23H2,1-3H3,(H,47,48)/b13-8+/t33-/m1/s1. The number of hydrogen-bond donors (Lipinski definition) is 1. The number of nitrogens with zero attached hydrogens (tertiary/aromatic N) is 2. The van der Waals surface area contributed by atoms with Gasteiger partial charge in [0.1, 0.15) is 23.8 Å². The number of ketones is 1. The Hall–Kier alpha value is -5.29. The number of pyridine rings is 1. The summed E-state index contributed by atoms with van der Waals surface area (Å²) in [6.45, 7) is 5.13. The summed E-state index contributed by atoms with van der Waals surface area (Å²) in [6.07, 6.45) is -1.13. The van der Waals surface area contributed by atoms with Crippen molar-refractivity contribution in [2.75, 3.05) is 6.61 Å². The van der Waals surface area contributed by atoms with Crippen LogP contribution in [0.3, 0.4) is 0 Å². The molecular formula is C39H36F4N2O5. The number of ether oxygens (including phenoxy) is 2. The van der Waals surface area contributed by atoms with E-state index in [-0.39, 0.29) is 47.5 Å². The molecule has 0 bridgehead atoms. The lowest BCUT2D eigenvalue weighted by atomic mass is 9.97. The van der Waals surface area contributed by atoms with Crippen molar-refractivity contribution < 1.29 is 41.7 Å². The second-order valence-corrected chi connectivity index (χ2v) is 11.7. The van der Waals surface area contributed by atoms with Crippen molar-refractivity contribution in [1.82, 2.24) is 9.55 Å². The van der Waals surface area contributed by atoms with Gasteiger partial charge in [-0.15, -0.1) is 0 Å². The summed E-state index contributed by atoms with van der Waals surface area (Å²) in [5.74, 6) is -1.82. The SMILES string of the molecule is CCc1cccc(C(=O)c2c(CC)n(C/C=C/c3cccc(CO[C@H](COc4ccc(C)cc4)C(=O)O)c3F)c3ncc(C(F)(F)F)cc23)c1. The summed E-state index contributed by atoms with van der Waals surface area (Å²) in [6, 6.07) is 19.6. The molecule has 0 radical (unpaired) electrons. The summed E-state index contributed by atoms with van der Waals surface area (Å²) in [5.41, 5.74) is 2.48. The molecule has 5 aromatic rings. The Morgan fingerprint density at radius 2 is 1.74 bits per heavy atom. The predicted octanol–water partition coefficient (Wildman–Crippen LogP) is 8.62. The maximum absolute atomic E-state index is 15.6. The van der Waals surface area contributed by atoms with E-state index in [4.69, 9.17) is 9.47 Å². The molecule has 3 aromatic carbocycles. The molecule has 260 valence electrons. The van der Waals surface area contributed by atoms with Crippen LogP contribution in [-0.2, 0) is 41.7 Å². The molecule has 7 nitrogen and oxygen atoms in total. The van der Waals surface area contributed by atoms with Crippen molar-refractivity contribution in [3.05, 3.63) is 136 Å². The van der Waals surface area contributed by atoms with E-state index in [9.17, 15) is 27.9 Å². The number of aryl methyl sites for hydroxylation is 2. The van der Waals surface area contributed by atoms with Crippen molar-refractivity contribution in [2.45, 2.75) is 59.0 Å². The Balaban J connectivity index is 1.40. The van der Waals surface area contributed by atoms with Crippen LogP contribution in [-0.4, -0.2) is 39.1 Å². The minimum atomic E-state index is -4.66. The minimum absolute atomic E-state index is 0.0813. The molecule has 0 aliphatic rings. The zero-order valence-corrected chi connectivity index (χ0v) is 27.8. The summed E-state index contributed by atoms with van der Waals surface area (Å²) in [4.78, 5) is 29.8. The maximum Gasteiger partial charge on any atom is 0.417 e. The lowest BCUT2D eigenvalue weighted by Gasteiger charge is -2.15. The lowest BCUT2D eigenvalue weighted by Crippen LogP contribution is -2.30. The van der Waals surface area contributed by atoms with Gasteiger partial charge in [0.15, 0.2) is 11.9 Å². The largest absolute Gasteiger partial charge is 0.490 e. The molecule has 1 N–H and O–H groups in total. The molecule has 0 fully saturated rings. The fourth-order valence-electron chi connectivity index (χ4n) is 5.64. The number of carboxylic acids is 1. The van der Waals surface area contributed by atoms with Gasteiger partial charge in [0.05, 0.1) is 17.7 Å². The van der Waals surface area contributed by atoms with Crippen molar-refractivity contribution in [3.8, 4) is 5.75 Å². The first-order valence-electron chi connectivity index (χ1n) is 16.1. The highest BCUT2D eigenvalue weighted by Crippen LogP contribution is 2.35. The van der Waals surface area contributed by atoms with Gasteiger partial charge in [-0.3, -0.25) is 4.79 Å². The number of hydrogen-bond acceptors (Lipinski definition) is 5. The van der Waals surface area contributed by atoms with E-state index < -0.39 is 35.4 Å². The number of fused-ring (bicyclic) bond motifs is 1. The van der Waals surface area contributed by atoms with Gasteiger partial charge in [0, 0.05) is 40.5 Å². The quantitative estimate of drug-likeness (QED) is 0.0929. The smallest absolute Gasteiger partial charge is 0.417 e. The van der Waals surface area contributed by atoms with Crippen molar-refractivity contribution >= 4 is 28.9 Å². The third-order valence-corrected chi connectivity index (χ3v) is 8.32. The molecule has 0 saturated heterocycles. The molecular weight excluding hydrogens is 652 g/mol. The van der Waals surface area contributed by atoms with Crippen molar-refractivity contribution in [2.24, 2.45) is 0 Å². The molecule has 0 amide bonds. The number of allylic oxidation sites excluding steroid dienone is 1. The maximum atomic E-state index is 15.6. The van der Waals surface area contributed by atoms with Crippen LogP contribution in [0, 0.1) is 12.7 Å². The van der Waals surface area contributed by atoms with Crippen LogP contribution < -0.4 is 4.74 Å². The highest BCUT2D eigenvalue weighted by molar-refractivity contribution is 6.17. The fraction of sp³-hybridized carbons (Fsp3) is 0.256. The fourth-order valence-corrected chi connectivity index (χ4v) is 5.64. The third-order valence-electron chi connectivity index (χ3n) is 8.32. The zero-order chi connectivity index (χ0) is 36.0. The third kappa shape index (κ3) is 8.11. The Morgan fingerprint density at radius 3 is 2.42 bits per heavy atom. The van der Waals surface area contributed by atoms with Crippen LogP contribution in [0.1, 0.15) is 63.3 Å². The molecule has 50 heavy (non-hydrogen) atoms. The molecule has 0 unspecified atom stereocenters. The number of benzene rings is 3. The summed E-state index contributed by atoms with van der Waals surface area (Å²) in [7, 11) is 0. The number of carbonyl (C=O) groups is 2. The zero-order valence-electron chi connectivity index (χ0n) is 27.8. The molecule has 2 aromatic heterocycles. The van der Waals surface area contributed by atoms with E-state index in [1.54, 1.807) is 54.0 Å². The van der Waals surface area contributed by atoms with Crippen LogP contribution >= 0.6 is 0 Å². The molecule has 11 heteroatoms. The molecule has 5 rings (SSSR count). The van der Waals surface area contributed by atoms with E-state index in [0.717, 1.165) is 23.4 Å². The van der Waals surface area contributed by atoms with Crippen LogP contribution in [0.2, 0.25) is 0 Å². The normalized spacial score (nSPS) is 12.5. The van der Waals surface area contributed by atoms with Crippen molar-refractivity contribution in [1.29, 1.82) is 0 Å². The molecule has 0 aliphatic heterocycles. The van der Waals surface area contributed by atoms with Crippen LogP contribution in [0.15, 0.2) is 85.1 Å². The number of alkyl halides is 3. The van der Waals surface area contributed by atoms with Gasteiger partial charge >= 0.3 is 12.1 Å². The average molecular weight is 689 g/mol. The van der Waals surface area contributed by atoms with Gasteiger partial charge < -0.3 is 19.1 Å². The topological polar surface area (TPSA) is 90.7 Å². The predicted molar refractivity (Wildman–Crippen MR) is 182 cm³/mol. The Labute approximate surface area is 286 Å². The van der Waals surface area contributed by atoms with Gasteiger partial charge in [0.2, 0.25) is 0 Å². The summed E-state index contributed by atoms with van der Waals surface area (Å²) >= 11 is 0. The minimum Gasteiger partial charge on any atom is -0.490 e. The van der Waals surface area contributed by atoms with Crippen LogP contribution in [0.4, 0.5) is 17.6 Å². The number of aromatic nitrogens is 2. The molecule has 1 atom stereocenters. The Bertz CT molecular complexity index is 2030. The monoisotopic (exact) mass is 688 g/mol. The summed E-state index contributed by atoms with van der Waals surface area (Å²) < 4.78 is 69.6. The van der Waals surface area contributed by atoms with Crippen LogP contribution in [0.5, 0.6) is 5.75 Å². The number of aliphatic carboxylic acids is 1. The lowest BCUT2D eigenvalue weighted by molar-refractivity contribution is -0.153. The van der Waals surface area contributed by atoms with E-state index in [1.807, 2.05) is 32.0 Å². The first-order chi connectivity index (χ1) is 23.9. The highest BCUT2D eigenvalue weighted by Gasteiger charge is 2.33. The molecule has 2 heterocycles. The van der Waals surface area contributed by atoms with Gasteiger partial charge in [-0.2, -0.15) is 13.2 Å². The van der Waals surface area contributed by atoms with E-state index in [2.05, 4.69) is 4.98 Å². The average Bonchev–Trinajstić information content (AvgIpc) is 3.41. The second-order valence-electron chi connectivity index (χ2n) is 11.7. The first kappa shape index (κ1) is 36.0. The number of carbonyl (C=O) groups excluding carboxylic acids is 1. The van der Waals surface area contributed by atoms with Gasteiger partial charge in [0.25, 0.3) is 0 Å². The highest BCUT2D eigenvalue weighted by atomic mass is 19.4. The number of halogens is 4. The molecule has 0 spiro atoms. The van der Waals surface area contributed by atoms with Crippen LogP contribution in [0.25, 0.3) is 17.1 Å². The van der Waals surface area contributed by atoms with E-state index in [1.165, 1.54) is 18.2 Å². The number of carboxylic acid groups (broad SMARTS) is 1. The van der Waals surface area contributed by atoms with Gasteiger partial charge in [-0.05, 0) is 49.6 Å². The summed E-state index contributed by atoms with van der Waals surface area (Å²) in [5, 5.41) is 9.71. The molecule has 0 saturated carbocycles. The Morgan fingerprint density at radius 1 is 1.00 bits per heavy atom. The first-order valence-corrected chi connectivity index (χ1v) is 16.1. The van der Waals surface area contributed by atoms with E-state index >= 15 is 4.39 Å². The van der Waals surface area contributed by atoms with E-state index in [0.29, 0.717) is 29.8 Å². The van der Waals surface area contributed by atoms with Gasteiger partial charge in [-0.25, -0.2) is 14.2 Å². The van der Waals surface area contributed by atoms with Gasteiger partial charge in [-0.1, -0.05) is 80.1 Å². The number of rotatable bonds is 14. The molecule has 0 aliphatic carbocycles.